The lowest BCUT2D eigenvalue weighted by Gasteiger charge is -2.25. The minimum absolute atomic E-state index is 0.0303. The van der Waals surface area contributed by atoms with E-state index in [0.29, 0.717) is 6.54 Å². The Balaban J connectivity index is 1.63. The molecule has 22 heavy (non-hydrogen) atoms. The molecule has 1 aromatic carbocycles. The van der Waals surface area contributed by atoms with Crippen molar-refractivity contribution >= 4 is 11.6 Å². The fraction of sp³-hybridized carbons (Fsp3) is 0.438. The van der Waals surface area contributed by atoms with E-state index in [0.717, 1.165) is 36.9 Å². The van der Waals surface area contributed by atoms with E-state index >= 15 is 0 Å². The Bertz CT molecular complexity index is 625. The third kappa shape index (κ3) is 3.71. The molecule has 0 saturated heterocycles. The van der Waals surface area contributed by atoms with Crippen molar-refractivity contribution < 1.29 is 4.79 Å². The quantitative estimate of drug-likeness (QED) is 0.901. The van der Waals surface area contributed by atoms with Crippen LogP contribution in [0.1, 0.15) is 31.2 Å². The molecule has 1 saturated carbocycles. The van der Waals surface area contributed by atoms with E-state index < -0.39 is 0 Å². The molecule has 3 N–H and O–H groups in total. The van der Waals surface area contributed by atoms with E-state index in [1.54, 1.807) is 11.0 Å². The van der Waals surface area contributed by atoms with Crippen molar-refractivity contribution in [3.05, 3.63) is 42.5 Å². The largest absolute Gasteiger partial charge is 0.328 e. The zero-order valence-corrected chi connectivity index (χ0v) is 12.5. The van der Waals surface area contributed by atoms with E-state index in [2.05, 4.69) is 15.4 Å². The second kappa shape index (κ2) is 6.70. The number of carbonyl (C=O) groups excluding carboxylic acids is 1. The average Bonchev–Trinajstić information content (AvgIpc) is 3.00. The van der Waals surface area contributed by atoms with Crippen molar-refractivity contribution in [1.29, 1.82) is 0 Å². The first-order chi connectivity index (χ1) is 10.7. The summed E-state index contributed by atoms with van der Waals surface area (Å²) < 4.78 is 1.75. The first kappa shape index (κ1) is 14.7. The predicted octanol–water partition coefficient (Wildman–Crippen LogP) is 1.78. The van der Waals surface area contributed by atoms with Gasteiger partial charge in [0.05, 0.1) is 6.54 Å². The lowest BCUT2D eigenvalue weighted by atomic mass is 9.85. The molecular formula is C16H21N5O. The van der Waals surface area contributed by atoms with Gasteiger partial charge in [0.2, 0.25) is 5.91 Å². The second-order valence-corrected chi connectivity index (χ2v) is 5.91. The van der Waals surface area contributed by atoms with Gasteiger partial charge in [-0.25, -0.2) is 9.67 Å². The second-order valence-electron chi connectivity index (χ2n) is 5.91. The molecule has 0 spiro atoms. The molecule has 2 aromatic rings. The third-order valence-corrected chi connectivity index (χ3v) is 4.09. The topological polar surface area (TPSA) is 85.8 Å². The molecule has 1 amide bonds. The Hall–Kier alpha value is -2.21. The summed E-state index contributed by atoms with van der Waals surface area (Å²) in [6.45, 7) is 0.637. The van der Waals surface area contributed by atoms with Crippen molar-refractivity contribution in [2.75, 3.05) is 5.32 Å². The summed E-state index contributed by atoms with van der Waals surface area (Å²) in [7, 11) is 0. The number of rotatable bonds is 4. The Morgan fingerprint density at radius 3 is 3.09 bits per heavy atom. The third-order valence-electron chi connectivity index (χ3n) is 4.09. The number of anilines is 1. The summed E-state index contributed by atoms with van der Waals surface area (Å²) >= 11 is 0. The van der Waals surface area contributed by atoms with Gasteiger partial charge >= 0.3 is 0 Å². The zero-order valence-electron chi connectivity index (χ0n) is 12.5. The Kier molecular flexibility index (Phi) is 4.48. The van der Waals surface area contributed by atoms with E-state index in [4.69, 9.17) is 5.73 Å². The zero-order chi connectivity index (χ0) is 15.4. The molecular weight excluding hydrogens is 278 g/mol. The first-order valence-electron chi connectivity index (χ1n) is 7.68. The van der Waals surface area contributed by atoms with Crippen LogP contribution in [0.5, 0.6) is 0 Å². The van der Waals surface area contributed by atoms with Crippen LogP contribution in [-0.2, 0) is 11.3 Å². The van der Waals surface area contributed by atoms with Gasteiger partial charge in [-0.15, -0.1) is 0 Å². The smallest absolute Gasteiger partial charge is 0.227 e. The van der Waals surface area contributed by atoms with Crippen molar-refractivity contribution in [2.45, 2.75) is 38.3 Å². The number of nitrogens with one attached hydrogen (secondary N) is 1. The predicted molar refractivity (Wildman–Crippen MR) is 84.1 cm³/mol. The van der Waals surface area contributed by atoms with Gasteiger partial charge in [0.1, 0.15) is 12.7 Å². The van der Waals surface area contributed by atoms with E-state index in [1.165, 1.54) is 6.33 Å². The standard InChI is InChI=1S/C16H21N5O/c17-14-5-2-4-13(8-14)16(22)20-15-6-1-3-12(7-15)9-21-11-18-10-19-21/h1,3,6-7,10-11,13-14H,2,4-5,8-9,17H2,(H,20,22). The van der Waals surface area contributed by atoms with Crippen molar-refractivity contribution in [3.8, 4) is 0 Å². The van der Waals surface area contributed by atoms with Gasteiger partial charge in [0.15, 0.2) is 0 Å². The van der Waals surface area contributed by atoms with Gasteiger partial charge < -0.3 is 11.1 Å². The highest BCUT2D eigenvalue weighted by Crippen LogP contribution is 2.24. The van der Waals surface area contributed by atoms with Crippen LogP contribution < -0.4 is 11.1 Å². The molecule has 2 unspecified atom stereocenters. The molecule has 1 heterocycles. The van der Waals surface area contributed by atoms with E-state index in [1.807, 2.05) is 24.3 Å². The van der Waals surface area contributed by atoms with Crippen LogP contribution in [-0.4, -0.2) is 26.7 Å². The first-order valence-corrected chi connectivity index (χ1v) is 7.68. The molecule has 6 nitrogen and oxygen atoms in total. The minimum atomic E-state index is 0.0303. The fourth-order valence-corrected chi connectivity index (χ4v) is 2.96. The molecule has 3 rings (SSSR count). The number of benzene rings is 1. The van der Waals surface area contributed by atoms with E-state index in [9.17, 15) is 4.79 Å². The molecule has 0 aliphatic heterocycles. The summed E-state index contributed by atoms with van der Waals surface area (Å²) in [6.07, 6.45) is 6.96. The number of hydrogen-bond acceptors (Lipinski definition) is 4. The van der Waals surface area contributed by atoms with Gasteiger partial charge in [-0.1, -0.05) is 18.6 Å². The molecule has 6 heteroatoms. The molecule has 1 fully saturated rings. The van der Waals surface area contributed by atoms with Crippen molar-refractivity contribution in [1.82, 2.24) is 14.8 Å². The van der Waals surface area contributed by atoms with Crippen molar-refractivity contribution in [3.63, 3.8) is 0 Å². The summed E-state index contributed by atoms with van der Waals surface area (Å²) in [4.78, 5) is 16.3. The molecule has 1 aliphatic carbocycles. The van der Waals surface area contributed by atoms with Gasteiger partial charge in [-0.05, 0) is 37.0 Å². The Morgan fingerprint density at radius 2 is 2.32 bits per heavy atom. The highest BCUT2D eigenvalue weighted by molar-refractivity contribution is 5.92. The Labute approximate surface area is 129 Å². The van der Waals surface area contributed by atoms with Crippen LogP contribution in [0.4, 0.5) is 5.69 Å². The maximum atomic E-state index is 12.3. The van der Waals surface area contributed by atoms with Crippen LogP contribution >= 0.6 is 0 Å². The number of aromatic nitrogens is 3. The van der Waals surface area contributed by atoms with Crippen LogP contribution in [0.3, 0.4) is 0 Å². The lowest BCUT2D eigenvalue weighted by molar-refractivity contribution is -0.120. The van der Waals surface area contributed by atoms with Crippen LogP contribution in [0.15, 0.2) is 36.9 Å². The van der Waals surface area contributed by atoms with Gasteiger partial charge in [0, 0.05) is 17.6 Å². The lowest BCUT2D eigenvalue weighted by Crippen LogP contribution is -2.34. The van der Waals surface area contributed by atoms with E-state index in [-0.39, 0.29) is 17.9 Å². The number of carbonyl (C=O) groups is 1. The molecule has 1 aliphatic rings. The molecule has 116 valence electrons. The average molecular weight is 299 g/mol. The maximum absolute atomic E-state index is 12.3. The number of hydrogen-bond donors (Lipinski definition) is 2. The highest BCUT2D eigenvalue weighted by Gasteiger charge is 2.25. The van der Waals surface area contributed by atoms with Crippen LogP contribution in [0.2, 0.25) is 0 Å². The fourth-order valence-electron chi connectivity index (χ4n) is 2.96. The number of nitrogens with zero attached hydrogens (tertiary/aromatic N) is 3. The summed E-state index contributed by atoms with van der Waals surface area (Å²) in [5, 5.41) is 7.10. The molecule has 0 radical (unpaired) electrons. The highest BCUT2D eigenvalue weighted by atomic mass is 16.1. The van der Waals surface area contributed by atoms with Crippen molar-refractivity contribution in [2.24, 2.45) is 11.7 Å². The SMILES string of the molecule is NC1CCCC(C(=O)Nc2cccc(Cn3cncn3)c2)C1. The monoisotopic (exact) mass is 299 g/mol. The normalized spacial score (nSPS) is 21.5. The Morgan fingerprint density at radius 1 is 1.41 bits per heavy atom. The van der Waals surface area contributed by atoms with Gasteiger partial charge in [0.25, 0.3) is 0 Å². The number of amides is 1. The van der Waals surface area contributed by atoms with Crippen LogP contribution in [0, 0.1) is 5.92 Å². The summed E-state index contributed by atoms with van der Waals surface area (Å²) in [5.41, 5.74) is 7.85. The summed E-state index contributed by atoms with van der Waals surface area (Å²) in [6, 6.07) is 7.99. The van der Waals surface area contributed by atoms with Gasteiger partial charge in [-0.2, -0.15) is 5.10 Å². The van der Waals surface area contributed by atoms with Gasteiger partial charge in [-0.3, -0.25) is 4.79 Å². The molecule has 1 aromatic heterocycles. The summed E-state index contributed by atoms with van der Waals surface area (Å²) in [5.74, 6) is 0.107. The molecule has 2 atom stereocenters. The number of nitrogens with two attached hydrogens (primary N) is 1. The minimum Gasteiger partial charge on any atom is -0.328 e. The van der Waals surface area contributed by atoms with Crippen LogP contribution in [0.25, 0.3) is 0 Å². The molecule has 0 bridgehead atoms. The maximum Gasteiger partial charge on any atom is 0.227 e.